The molecule has 4 rings (SSSR count). The molecule has 3 unspecified atom stereocenters. The number of aliphatic hydroxyl groups excluding tert-OH is 1. The smallest absolute Gasteiger partial charge is 0.248 e. The molecule has 1 N–H and O–H groups in total. The number of carbonyl (C=O) groups excluding carboxylic acids is 3. The van der Waals surface area contributed by atoms with Crippen LogP contribution in [0.25, 0.3) is 0 Å². The van der Waals surface area contributed by atoms with Crippen LogP contribution in [0.15, 0.2) is 55.6 Å². The van der Waals surface area contributed by atoms with Crippen molar-refractivity contribution >= 4 is 17.7 Å². The highest BCUT2D eigenvalue weighted by atomic mass is 16.5. The summed E-state index contributed by atoms with van der Waals surface area (Å²) in [6.45, 7) is 16.9. The lowest BCUT2D eigenvalue weighted by Gasteiger charge is -2.39. The third-order valence-electron chi connectivity index (χ3n) is 9.56. The molecule has 3 saturated heterocycles. The number of fused-ring (bicyclic) bond motifs is 1. The third kappa shape index (κ3) is 5.25. The molecule has 1 spiro atoms. The quantitative estimate of drug-likeness (QED) is 0.274. The van der Waals surface area contributed by atoms with Gasteiger partial charge >= 0.3 is 0 Å². The summed E-state index contributed by atoms with van der Waals surface area (Å²) in [7, 11) is 0. The Kier molecular flexibility index (Phi) is 9.44. The maximum absolute atomic E-state index is 14.5. The van der Waals surface area contributed by atoms with Crippen LogP contribution in [-0.4, -0.2) is 87.1 Å². The largest absolute Gasteiger partial charge is 0.394 e. The molecular weight excluding hydrogens is 518 g/mol. The van der Waals surface area contributed by atoms with Crippen LogP contribution in [-0.2, 0) is 25.7 Å². The van der Waals surface area contributed by atoms with E-state index < -0.39 is 35.1 Å². The predicted molar refractivity (Wildman–Crippen MR) is 159 cm³/mol. The first-order valence-corrected chi connectivity index (χ1v) is 15.1. The van der Waals surface area contributed by atoms with Crippen molar-refractivity contribution in [2.24, 2.45) is 17.8 Å². The molecule has 7 atom stereocenters. The summed E-state index contributed by atoms with van der Waals surface area (Å²) in [4.78, 5) is 48.3. The number of likely N-dealkylation sites (tertiary alicyclic amines) is 1. The number of benzene rings is 1. The van der Waals surface area contributed by atoms with Crippen LogP contribution in [0.5, 0.6) is 0 Å². The standard InChI is InChI=1S/C33H47N3O5/c1-7-10-14-19-34(17-8-2)31(40)28-33-20-23(4)32(6,41-33)26(27(33)30(39)36(28)24(5)22-37)29(38)35(18-9-3)21-25-15-12-11-13-16-25/h8-9,11-13,15-16,23-24,26-28,37H,2-3,7,10,14,17-22H2,1,4-6H3/t23?,24-,26+,27+,28?,32-,33?/m1/s1. The number of hydrogen-bond acceptors (Lipinski definition) is 5. The second-order valence-corrected chi connectivity index (χ2v) is 12.3. The van der Waals surface area contributed by atoms with Gasteiger partial charge in [-0.05, 0) is 38.2 Å². The Morgan fingerprint density at radius 1 is 1.15 bits per heavy atom. The molecule has 0 aliphatic carbocycles. The first-order valence-electron chi connectivity index (χ1n) is 15.1. The minimum atomic E-state index is -1.15. The molecule has 224 valence electrons. The highest BCUT2D eigenvalue weighted by molar-refractivity contribution is 5.99. The fourth-order valence-electron chi connectivity index (χ4n) is 7.46. The van der Waals surface area contributed by atoms with E-state index in [0.717, 1.165) is 24.8 Å². The zero-order valence-corrected chi connectivity index (χ0v) is 25.1. The highest BCUT2D eigenvalue weighted by Crippen LogP contribution is 2.65. The molecule has 8 heteroatoms. The fourth-order valence-corrected chi connectivity index (χ4v) is 7.46. The lowest BCUT2D eigenvalue weighted by atomic mass is 9.62. The maximum Gasteiger partial charge on any atom is 0.248 e. The molecule has 3 aliphatic heterocycles. The van der Waals surface area contributed by atoms with E-state index in [2.05, 4.69) is 20.1 Å². The summed E-state index contributed by atoms with van der Waals surface area (Å²) in [6, 6.07) is 8.22. The maximum atomic E-state index is 14.5. The number of nitrogens with zero attached hydrogens (tertiary/aromatic N) is 3. The summed E-state index contributed by atoms with van der Waals surface area (Å²) in [6.07, 6.45) is 6.74. The van der Waals surface area contributed by atoms with Crippen LogP contribution in [0.1, 0.15) is 58.9 Å². The molecule has 1 aromatic carbocycles. The van der Waals surface area contributed by atoms with Crippen LogP contribution in [0.4, 0.5) is 0 Å². The summed E-state index contributed by atoms with van der Waals surface area (Å²) in [5.41, 5.74) is -1.08. The molecule has 0 radical (unpaired) electrons. The van der Waals surface area contributed by atoms with E-state index in [1.165, 1.54) is 4.90 Å². The normalized spacial score (nSPS) is 30.7. The van der Waals surface area contributed by atoms with Crippen molar-refractivity contribution in [1.82, 2.24) is 14.7 Å². The second kappa shape index (κ2) is 12.5. The van der Waals surface area contributed by atoms with E-state index in [0.29, 0.717) is 32.6 Å². The molecule has 0 saturated carbocycles. The Bertz CT molecular complexity index is 1140. The predicted octanol–water partition coefficient (Wildman–Crippen LogP) is 3.80. The van der Waals surface area contributed by atoms with Gasteiger partial charge in [0.25, 0.3) is 0 Å². The van der Waals surface area contributed by atoms with E-state index in [-0.39, 0.29) is 30.2 Å². The molecule has 3 amide bonds. The van der Waals surface area contributed by atoms with Crippen molar-refractivity contribution in [2.45, 2.75) is 83.2 Å². The van der Waals surface area contributed by atoms with Crippen LogP contribution >= 0.6 is 0 Å². The monoisotopic (exact) mass is 565 g/mol. The van der Waals surface area contributed by atoms with Gasteiger partial charge in [-0.25, -0.2) is 0 Å². The number of amides is 3. The molecule has 8 nitrogen and oxygen atoms in total. The number of ether oxygens (including phenoxy) is 1. The van der Waals surface area contributed by atoms with Crippen LogP contribution in [0.2, 0.25) is 0 Å². The second-order valence-electron chi connectivity index (χ2n) is 12.3. The van der Waals surface area contributed by atoms with Crippen LogP contribution < -0.4 is 0 Å². The molecule has 0 aromatic heterocycles. The van der Waals surface area contributed by atoms with Crippen molar-refractivity contribution in [2.75, 3.05) is 26.2 Å². The number of unbranched alkanes of at least 4 members (excludes halogenated alkanes) is 2. The van der Waals surface area contributed by atoms with Gasteiger partial charge in [0, 0.05) is 26.2 Å². The molecular formula is C33H47N3O5. The van der Waals surface area contributed by atoms with Crippen molar-refractivity contribution in [1.29, 1.82) is 0 Å². The molecule has 3 aliphatic rings. The topological polar surface area (TPSA) is 90.4 Å². The Hall–Kier alpha value is -2.97. The summed E-state index contributed by atoms with van der Waals surface area (Å²) >= 11 is 0. The average Bonchev–Trinajstić information content (AvgIpc) is 3.48. The van der Waals surface area contributed by atoms with Gasteiger partial charge in [-0.2, -0.15) is 0 Å². The Morgan fingerprint density at radius 2 is 1.80 bits per heavy atom. The van der Waals surface area contributed by atoms with E-state index in [4.69, 9.17) is 4.74 Å². The first-order chi connectivity index (χ1) is 19.6. The lowest BCUT2D eigenvalue weighted by Crippen LogP contribution is -2.58. The van der Waals surface area contributed by atoms with Crippen LogP contribution in [0, 0.1) is 17.8 Å². The van der Waals surface area contributed by atoms with Crippen molar-refractivity contribution < 1.29 is 24.2 Å². The van der Waals surface area contributed by atoms with E-state index >= 15 is 0 Å². The zero-order valence-electron chi connectivity index (χ0n) is 25.1. The number of carbonyl (C=O) groups is 3. The van der Waals surface area contributed by atoms with Gasteiger partial charge in [0.15, 0.2) is 0 Å². The van der Waals surface area contributed by atoms with Crippen LogP contribution in [0.3, 0.4) is 0 Å². The lowest BCUT2D eigenvalue weighted by molar-refractivity contribution is -0.157. The number of hydrogen-bond donors (Lipinski definition) is 1. The van der Waals surface area contributed by atoms with Gasteiger partial charge in [-0.15, -0.1) is 13.2 Å². The van der Waals surface area contributed by atoms with Gasteiger partial charge in [0.1, 0.15) is 11.6 Å². The third-order valence-corrected chi connectivity index (χ3v) is 9.56. The molecule has 3 heterocycles. The van der Waals surface area contributed by atoms with E-state index in [1.54, 1.807) is 28.9 Å². The SMILES string of the molecule is C=CCN(CCCCC)C(=O)C1N([C@H](C)CO)C(=O)[C@@H]2[C@@H](C(=O)N(CC=C)Cc3ccccc3)[C@]3(C)OC12CC3C. The number of rotatable bonds is 14. The summed E-state index contributed by atoms with van der Waals surface area (Å²) < 4.78 is 6.89. The minimum Gasteiger partial charge on any atom is -0.394 e. The van der Waals surface area contributed by atoms with Crippen molar-refractivity contribution in [3.8, 4) is 0 Å². The average molecular weight is 566 g/mol. The Labute approximate surface area is 245 Å². The summed E-state index contributed by atoms with van der Waals surface area (Å²) in [5.74, 6) is -2.29. The first kappa shape index (κ1) is 31.0. The Balaban J connectivity index is 1.77. The fraction of sp³-hybridized carbons (Fsp3) is 0.606. The molecule has 3 fully saturated rings. The van der Waals surface area contributed by atoms with Gasteiger partial charge < -0.3 is 24.5 Å². The van der Waals surface area contributed by atoms with E-state index in [9.17, 15) is 19.5 Å². The number of aliphatic hydroxyl groups is 1. The summed E-state index contributed by atoms with van der Waals surface area (Å²) in [5, 5.41) is 10.2. The highest BCUT2D eigenvalue weighted by Gasteiger charge is 2.80. The van der Waals surface area contributed by atoms with E-state index in [1.807, 2.05) is 44.2 Å². The zero-order chi connectivity index (χ0) is 29.9. The molecule has 41 heavy (non-hydrogen) atoms. The van der Waals surface area contributed by atoms with Gasteiger partial charge in [-0.3, -0.25) is 14.4 Å². The van der Waals surface area contributed by atoms with Crippen molar-refractivity contribution in [3.05, 3.63) is 61.2 Å². The van der Waals surface area contributed by atoms with Gasteiger partial charge in [0.2, 0.25) is 17.7 Å². The Morgan fingerprint density at radius 3 is 2.41 bits per heavy atom. The molecule has 1 aromatic rings. The molecule has 2 bridgehead atoms. The van der Waals surface area contributed by atoms with Gasteiger partial charge in [-0.1, -0.05) is 69.2 Å². The van der Waals surface area contributed by atoms with Gasteiger partial charge in [0.05, 0.1) is 30.1 Å². The van der Waals surface area contributed by atoms with Crippen molar-refractivity contribution in [3.63, 3.8) is 0 Å². The minimum absolute atomic E-state index is 0.0598.